The van der Waals surface area contributed by atoms with E-state index in [-0.39, 0.29) is 11.3 Å². The Hall–Kier alpha value is -1.72. The SMILES string of the molecule is CC(C)c1ccc(C(=O)N(C)CC(O)CC(C)(C)C2=CCNCC2)nc1. The predicted molar refractivity (Wildman–Crippen MR) is 105 cm³/mol. The standard InChI is InChI=1S/C21H33N3O2/c1-15(2)16-6-7-19(23-13-16)20(26)24(5)14-18(25)12-21(3,4)17-8-10-22-11-9-17/h6-8,13,15,18,22,25H,9-12,14H2,1-5H3. The maximum absolute atomic E-state index is 12.6. The zero-order chi connectivity index (χ0) is 19.3. The summed E-state index contributed by atoms with van der Waals surface area (Å²) in [5, 5.41) is 13.9. The van der Waals surface area contributed by atoms with Crippen molar-refractivity contribution < 1.29 is 9.90 Å². The molecule has 0 aliphatic carbocycles. The zero-order valence-corrected chi connectivity index (χ0v) is 16.7. The van der Waals surface area contributed by atoms with Gasteiger partial charge in [0.15, 0.2) is 0 Å². The summed E-state index contributed by atoms with van der Waals surface area (Å²) in [6.07, 6.45) is 5.07. The first-order valence-corrected chi connectivity index (χ1v) is 9.50. The predicted octanol–water partition coefficient (Wildman–Crippen LogP) is 2.97. The molecule has 0 saturated heterocycles. The van der Waals surface area contributed by atoms with Crippen LogP contribution in [0.4, 0.5) is 0 Å². The molecule has 5 nitrogen and oxygen atoms in total. The molecular weight excluding hydrogens is 326 g/mol. The van der Waals surface area contributed by atoms with E-state index in [1.165, 1.54) is 5.57 Å². The van der Waals surface area contributed by atoms with E-state index in [1.807, 2.05) is 6.07 Å². The minimum atomic E-state index is -0.565. The summed E-state index contributed by atoms with van der Waals surface area (Å²) < 4.78 is 0. The number of aliphatic hydroxyl groups is 1. The minimum absolute atomic E-state index is 0.0669. The van der Waals surface area contributed by atoms with Gasteiger partial charge in [0.2, 0.25) is 0 Å². The second kappa shape index (κ2) is 8.78. The van der Waals surface area contributed by atoms with Gasteiger partial charge in [-0.2, -0.15) is 0 Å². The molecular formula is C21H33N3O2. The van der Waals surface area contributed by atoms with Crippen molar-refractivity contribution in [3.8, 4) is 0 Å². The molecule has 5 heteroatoms. The van der Waals surface area contributed by atoms with Gasteiger partial charge in [0.1, 0.15) is 5.69 Å². The summed E-state index contributed by atoms with van der Waals surface area (Å²) in [5.74, 6) is 0.232. The van der Waals surface area contributed by atoms with Crippen molar-refractivity contribution in [1.82, 2.24) is 15.2 Å². The van der Waals surface area contributed by atoms with Crippen LogP contribution >= 0.6 is 0 Å². The van der Waals surface area contributed by atoms with Crippen molar-refractivity contribution in [3.05, 3.63) is 41.2 Å². The van der Waals surface area contributed by atoms with E-state index in [2.05, 4.69) is 44.1 Å². The summed E-state index contributed by atoms with van der Waals surface area (Å²) in [4.78, 5) is 18.4. The number of hydrogen-bond acceptors (Lipinski definition) is 4. The summed E-state index contributed by atoms with van der Waals surface area (Å²) >= 11 is 0. The Morgan fingerprint density at radius 2 is 2.12 bits per heavy atom. The van der Waals surface area contributed by atoms with E-state index >= 15 is 0 Å². The molecule has 2 heterocycles. The van der Waals surface area contributed by atoms with Gasteiger partial charge in [0.05, 0.1) is 6.10 Å². The van der Waals surface area contributed by atoms with Crippen molar-refractivity contribution in [2.45, 2.75) is 52.6 Å². The molecule has 0 bridgehead atoms. The second-order valence-electron chi connectivity index (χ2n) is 8.24. The Labute approximate surface area is 157 Å². The number of nitrogens with one attached hydrogen (secondary N) is 1. The third-order valence-corrected chi connectivity index (χ3v) is 5.18. The van der Waals surface area contributed by atoms with E-state index in [0.29, 0.717) is 24.6 Å². The van der Waals surface area contributed by atoms with Gasteiger partial charge >= 0.3 is 0 Å². The van der Waals surface area contributed by atoms with Gasteiger partial charge in [0, 0.05) is 26.3 Å². The average molecular weight is 360 g/mol. The van der Waals surface area contributed by atoms with Crippen molar-refractivity contribution in [1.29, 1.82) is 0 Å². The lowest BCUT2D eigenvalue weighted by atomic mass is 9.77. The molecule has 1 aromatic heterocycles. The molecule has 2 rings (SSSR count). The Morgan fingerprint density at radius 1 is 1.38 bits per heavy atom. The van der Waals surface area contributed by atoms with Crippen LogP contribution in [-0.2, 0) is 0 Å². The normalized spacial score (nSPS) is 16.3. The Bertz CT molecular complexity index is 635. The van der Waals surface area contributed by atoms with Crippen LogP contribution in [0, 0.1) is 5.41 Å². The number of aliphatic hydroxyl groups excluding tert-OH is 1. The molecule has 1 atom stereocenters. The number of likely N-dealkylation sites (N-methyl/N-ethyl adjacent to an activating group) is 1. The Balaban J connectivity index is 1.94. The van der Waals surface area contributed by atoms with Crippen molar-refractivity contribution >= 4 is 5.91 Å². The largest absolute Gasteiger partial charge is 0.391 e. The summed E-state index contributed by atoms with van der Waals surface area (Å²) in [6.45, 7) is 10.7. The fourth-order valence-electron chi connectivity index (χ4n) is 3.49. The topological polar surface area (TPSA) is 65.5 Å². The van der Waals surface area contributed by atoms with Crippen LogP contribution < -0.4 is 5.32 Å². The molecule has 0 saturated carbocycles. The van der Waals surface area contributed by atoms with Gasteiger partial charge in [-0.15, -0.1) is 0 Å². The molecule has 0 spiro atoms. The molecule has 2 N–H and O–H groups in total. The fraction of sp³-hybridized carbons (Fsp3) is 0.619. The zero-order valence-electron chi connectivity index (χ0n) is 16.7. The monoisotopic (exact) mass is 359 g/mol. The van der Waals surface area contributed by atoms with Gasteiger partial charge in [-0.1, -0.05) is 45.4 Å². The minimum Gasteiger partial charge on any atom is -0.391 e. The Morgan fingerprint density at radius 3 is 2.65 bits per heavy atom. The highest BCUT2D eigenvalue weighted by Crippen LogP contribution is 2.34. The third kappa shape index (κ3) is 5.39. The molecule has 1 aromatic rings. The first kappa shape index (κ1) is 20.6. The number of carbonyl (C=O) groups is 1. The molecule has 0 aromatic carbocycles. The molecule has 1 amide bonds. The maximum atomic E-state index is 12.6. The smallest absolute Gasteiger partial charge is 0.272 e. The average Bonchev–Trinajstić information content (AvgIpc) is 2.61. The highest BCUT2D eigenvalue weighted by atomic mass is 16.3. The van der Waals surface area contributed by atoms with Gasteiger partial charge < -0.3 is 15.3 Å². The van der Waals surface area contributed by atoms with Crippen molar-refractivity contribution in [3.63, 3.8) is 0 Å². The third-order valence-electron chi connectivity index (χ3n) is 5.18. The Kier molecular flexibility index (Phi) is 6.95. The molecule has 144 valence electrons. The summed E-state index contributed by atoms with van der Waals surface area (Å²) in [7, 11) is 1.72. The molecule has 0 radical (unpaired) electrons. The lowest BCUT2D eigenvalue weighted by Crippen LogP contribution is -2.37. The van der Waals surface area contributed by atoms with Crippen LogP contribution in [0.5, 0.6) is 0 Å². The molecule has 1 aliphatic rings. The van der Waals surface area contributed by atoms with E-state index in [1.54, 1.807) is 24.2 Å². The van der Waals surface area contributed by atoms with Crippen molar-refractivity contribution in [2.75, 3.05) is 26.7 Å². The molecule has 1 unspecified atom stereocenters. The molecule has 26 heavy (non-hydrogen) atoms. The molecule has 1 aliphatic heterocycles. The number of aromatic nitrogens is 1. The van der Waals surface area contributed by atoms with Gasteiger partial charge in [0.25, 0.3) is 5.91 Å². The quantitative estimate of drug-likeness (QED) is 0.735. The van der Waals surface area contributed by atoms with Crippen LogP contribution in [0.3, 0.4) is 0 Å². The van der Waals surface area contributed by atoms with E-state index in [4.69, 9.17) is 0 Å². The lowest BCUT2D eigenvalue weighted by molar-refractivity contribution is 0.0598. The first-order valence-electron chi connectivity index (χ1n) is 9.50. The van der Waals surface area contributed by atoms with E-state index in [0.717, 1.165) is 25.1 Å². The van der Waals surface area contributed by atoms with Gasteiger partial charge in [-0.25, -0.2) is 0 Å². The number of rotatable bonds is 7. The molecule has 0 fully saturated rings. The van der Waals surface area contributed by atoms with Crippen LogP contribution in [-0.4, -0.2) is 53.7 Å². The van der Waals surface area contributed by atoms with Gasteiger partial charge in [-0.05, 0) is 42.3 Å². The van der Waals surface area contributed by atoms with E-state index in [9.17, 15) is 9.90 Å². The number of amides is 1. The maximum Gasteiger partial charge on any atom is 0.272 e. The van der Waals surface area contributed by atoms with Crippen LogP contribution in [0.1, 0.15) is 62.5 Å². The van der Waals surface area contributed by atoms with Crippen LogP contribution in [0.25, 0.3) is 0 Å². The lowest BCUT2D eigenvalue weighted by Gasteiger charge is -2.33. The second-order valence-corrected chi connectivity index (χ2v) is 8.24. The highest BCUT2D eigenvalue weighted by Gasteiger charge is 2.28. The van der Waals surface area contributed by atoms with Gasteiger partial charge in [-0.3, -0.25) is 9.78 Å². The fourth-order valence-corrected chi connectivity index (χ4v) is 3.49. The first-order chi connectivity index (χ1) is 12.2. The summed E-state index contributed by atoms with van der Waals surface area (Å²) in [5.41, 5.74) is 2.85. The highest BCUT2D eigenvalue weighted by molar-refractivity contribution is 5.92. The number of hydrogen-bond donors (Lipinski definition) is 2. The number of nitrogens with zero attached hydrogens (tertiary/aromatic N) is 2. The number of carbonyl (C=O) groups excluding carboxylic acids is 1. The number of pyridine rings is 1. The van der Waals surface area contributed by atoms with Crippen LogP contribution in [0.15, 0.2) is 30.0 Å². The van der Waals surface area contributed by atoms with Crippen molar-refractivity contribution in [2.24, 2.45) is 5.41 Å². The summed E-state index contributed by atoms with van der Waals surface area (Å²) in [6, 6.07) is 3.71. The van der Waals surface area contributed by atoms with Crippen LogP contribution in [0.2, 0.25) is 0 Å². The van der Waals surface area contributed by atoms with E-state index < -0.39 is 6.10 Å².